The van der Waals surface area contributed by atoms with Crippen molar-refractivity contribution in [3.05, 3.63) is 52.8 Å². The van der Waals surface area contributed by atoms with Gasteiger partial charge in [-0.15, -0.1) is 0 Å². The van der Waals surface area contributed by atoms with Gasteiger partial charge in [0.2, 0.25) is 5.91 Å². The molecule has 0 saturated heterocycles. The van der Waals surface area contributed by atoms with Crippen LogP contribution in [0, 0.1) is 0 Å². The van der Waals surface area contributed by atoms with E-state index in [9.17, 15) is 9.59 Å². The molecule has 5 rings (SSSR count). The molecule has 0 unspecified atom stereocenters. The van der Waals surface area contributed by atoms with Crippen LogP contribution in [0.1, 0.15) is 39.0 Å². The number of amides is 1. The first-order valence-electron chi connectivity index (χ1n) is 12.1. The van der Waals surface area contributed by atoms with E-state index in [1.165, 1.54) is 11.8 Å². The van der Waals surface area contributed by atoms with E-state index in [2.05, 4.69) is 10.3 Å². The third-order valence-corrected chi connectivity index (χ3v) is 7.19. The highest BCUT2D eigenvalue weighted by Crippen LogP contribution is 2.47. The molecule has 184 valence electrons. The number of benzene rings is 2. The first-order valence-corrected chi connectivity index (χ1v) is 13.1. The molecule has 1 fully saturated rings. The van der Waals surface area contributed by atoms with Crippen molar-refractivity contribution in [1.82, 2.24) is 9.55 Å². The fraction of sp³-hybridized carbons (Fsp3) is 0.423. The van der Waals surface area contributed by atoms with Crippen LogP contribution in [0.3, 0.4) is 0 Å². The van der Waals surface area contributed by atoms with Gasteiger partial charge in [0.05, 0.1) is 16.7 Å². The predicted octanol–water partition coefficient (Wildman–Crippen LogP) is 4.60. The summed E-state index contributed by atoms with van der Waals surface area (Å²) in [7, 11) is 0. The number of fused-ring (bicyclic) bond motifs is 2. The zero-order chi connectivity index (χ0) is 24.3. The summed E-state index contributed by atoms with van der Waals surface area (Å²) < 4.78 is 19.2. The van der Waals surface area contributed by atoms with Crippen molar-refractivity contribution in [2.45, 2.75) is 56.5 Å². The molecular formula is C26H29N3O5S. The van der Waals surface area contributed by atoms with Gasteiger partial charge in [-0.25, -0.2) is 4.98 Å². The Morgan fingerprint density at radius 2 is 1.97 bits per heavy atom. The Bertz CT molecular complexity index is 1290. The number of hydrogen-bond donors (Lipinski definition) is 1. The van der Waals surface area contributed by atoms with Crippen LogP contribution < -0.4 is 20.3 Å². The van der Waals surface area contributed by atoms with Crippen LogP contribution in [0.5, 0.6) is 11.5 Å². The number of nitrogens with zero attached hydrogens (tertiary/aromatic N) is 2. The van der Waals surface area contributed by atoms with Crippen molar-refractivity contribution in [3.8, 4) is 11.5 Å². The smallest absolute Gasteiger partial charge is 0.262 e. The van der Waals surface area contributed by atoms with Crippen LogP contribution >= 0.6 is 11.8 Å². The van der Waals surface area contributed by atoms with Crippen LogP contribution in [-0.4, -0.2) is 40.2 Å². The van der Waals surface area contributed by atoms with Crippen molar-refractivity contribution in [2.75, 3.05) is 24.3 Å². The van der Waals surface area contributed by atoms with Gasteiger partial charge in [0, 0.05) is 44.4 Å². The molecule has 2 aliphatic rings. The van der Waals surface area contributed by atoms with Crippen molar-refractivity contribution in [2.24, 2.45) is 0 Å². The largest absolute Gasteiger partial charge is 0.448 e. The van der Waals surface area contributed by atoms with Crippen LogP contribution in [0.15, 0.2) is 52.4 Å². The van der Waals surface area contributed by atoms with E-state index >= 15 is 0 Å². The second-order valence-corrected chi connectivity index (χ2v) is 9.68. The highest BCUT2D eigenvalue weighted by molar-refractivity contribution is 7.99. The lowest BCUT2D eigenvalue weighted by Crippen LogP contribution is -2.34. The molecule has 1 saturated carbocycles. The Morgan fingerprint density at radius 1 is 1.17 bits per heavy atom. The molecule has 35 heavy (non-hydrogen) atoms. The minimum Gasteiger partial charge on any atom is -0.448 e. The summed E-state index contributed by atoms with van der Waals surface area (Å²) in [5.41, 5.74) is 1.17. The first kappa shape index (κ1) is 23.7. The number of anilines is 1. The Kier molecular flexibility index (Phi) is 6.97. The van der Waals surface area contributed by atoms with Crippen LogP contribution in [-0.2, 0) is 16.1 Å². The van der Waals surface area contributed by atoms with Crippen LogP contribution in [0.2, 0.25) is 0 Å². The van der Waals surface area contributed by atoms with Gasteiger partial charge in [-0.1, -0.05) is 23.9 Å². The molecule has 1 aliphatic carbocycles. The zero-order valence-corrected chi connectivity index (χ0v) is 20.6. The minimum atomic E-state index is -0.533. The summed E-state index contributed by atoms with van der Waals surface area (Å²) in [5.74, 6) is 0.781. The molecule has 1 N–H and O–H groups in total. The lowest BCUT2D eigenvalue weighted by atomic mass is 10.2. The zero-order valence-electron chi connectivity index (χ0n) is 19.7. The predicted molar refractivity (Wildman–Crippen MR) is 135 cm³/mol. The third-order valence-electron chi connectivity index (χ3n) is 6.22. The SMILES string of the molecule is CCOCCCn1c(SCC(=O)Nc2ccc3c(c2)OC2(CCCC2)O3)nc2ccccc2c1=O. The lowest BCUT2D eigenvalue weighted by Gasteiger charge is -2.21. The van der Waals surface area contributed by atoms with Crippen LogP contribution in [0.4, 0.5) is 5.69 Å². The molecule has 0 radical (unpaired) electrons. The molecule has 1 spiro atoms. The Hall–Kier alpha value is -3.04. The fourth-order valence-corrected chi connectivity index (χ4v) is 5.37. The molecule has 9 heteroatoms. The molecule has 2 heterocycles. The molecular weight excluding hydrogens is 466 g/mol. The number of ether oxygens (including phenoxy) is 3. The number of carbonyl (C=O) groups excluding carboxylic acids is 1. The van der Waals surface area contributed by atoms with E-state index in [1.54, 1.807) is 10.6 Å². The van der Waals surface area contributed by atoms with Gasteiger partial charge < -0.3 is 19.5 Å². The number of para-hydroxylation sites is 1. The first-order chi connectivity index (χ1) is 17.1. The monoisotopic (exact) mass is 495 g/mol. The Labute approximate surface area is 208 Å². The van der Waals surface area contributed by atoms with E-state index in [4.69, 9.17) is 14.2 Å². The number of aromatic nitrogens is 2. The number of thioether (sulfide) groups is 1. The summed E-state index contributed by atoms with van der Waals surface area (Å²) in [5, 5.41) is 4.01. The molecule has 0 bridgehead atoms. The van der Waals surface area contributed by atoms with Gasteiger partial charge in [-0.2, -0.15) is 0 Å². The normalized spacial score (nSPS) is 15.7. The van der Waals surface area contributed by atoms with Gasteiger partial charge in [0.15, 0.2) is 16.7 Å². The summed E-state index contributed by atoms with van der Waals surface area (Å²) in [6.07, 6.45) is 4.63. The van der Waals surface area contributed by atoms with E-state index in [0.717, 1.165) is 31.4 Å². The Morgan fingerprint density at radius 3 is 2.80 bits per heavy atom. The molecule has 1 aromatic heterocycles. The molecule has 2 aromatic carbocycles. The second kappa shape index (κ2) is 10.3. The van der Waals surface area contributed by atoms with E-state index in [-0.39, 0.29) is 17.2 Å². The average Bonchev–Trinajstić information content (AvgIpc) is 3.47. The summed E-state index contributed by atoms with van der Waals surface area (Å²) in [4.78, 5) is 30.5. The maximum Gasteiger partial charge on any atom is 0.262 e. The number of hydrogen-bond acceptors (Lipinski definition) is 7. The fourth-order valence-electron chi connectivity index (χ4n) is 4.54. The van der Waals surface area contributed by atoms with Gasteiger partial charge >= 0.3 is 0 Å². The standard InChI is InChI=1S/C26H29N3O5S/c1-2-32-15-7-14-29-24(31)19-8-3-4-9-20(19)28-25(29)35-17-23(30)27-18-10-11-21-22(16-18)34-26(33-21)12-5-6-13-26/h3-4,8-11,16H,2,5-7,12-15,17H2,1H3,(H,27,30). The quantitative estimate of drug-likeness (QED) is 0.264. The number of carbonyl (C=O) groups is 1. The van der Waals surface area contributed by atoms with Crippen molar-refractivity contribution >= 4 is 34.3 Å². The number of rotatable bonds is 9. The minimum absolute atomic E-state index is 0.105. The Balaban J connectivity index is 1.27. The number of nitrogens with one attached hydrogen (secondary N) is 1. The molecule has 3 aromatic rings. The maximum atomic E-state index is 13.1. The molecule has 1 amide bonds. The van der Waals surface area contributed by atoms with E-state index in [1.807, 2.05) is 43.3 Å². The topological polar surface area (TPSA) is 91.7 Å². The highest BCUT2D eigenvalue weighted by Gasteiger charge is 2.44. The maximum absolute atomic E-state index is 13.1. The molecule has 0 atom stereocenters. The summed E-state index contributed by atoms with van der Waals surface area (Å²) in [6.45, 7) is 3.61. The third kappa shape index (κ3) is 5.16. The molecule has 1 aliphatic heterocycles. The molecule has 8 nitrogen and oxygen atoms in total. The average molecular weight is 496 g/mol. The van der Waals surface area contributed by atoms with Crippen molar-refractivity contribution in [3.63, 3.8) is 0 Å². The van der Waals surface area contributed by atoms with Crippen molar-refractivity contribution in [1.29, 1.82) is 0 Å². The summed E-state index contributed by atoms with van der Waals surface area (Å²) in [6, 6.07) is 12.7. The van der Waals surface area contributed by atoms with E-state index in [0.29, 0.717) is 53.7 Å². The van der Waals surface area contributed by atoms with Crippen LogP contribution in [0.25, 0.3) is 10.9 Å². The van der Waals surface area contributed by atoms with Gasteiger partial charge in [-0.05, 0) is 50.5 Å². The van der Waals surface area contributed by atoms with E-state index < -0.39 is 5.79 Å². The summed E-state index contributed by atoms with van der Waals surface area (Å²) >= 11 is 1.25. The lowest BCUT2D eigenvalue weighted by molar-refractivity contribution is -0.113. The van der Waals surface area contributed by atoms with Gasteiger partial charge in [0.25, 0.3) is 11.3 Å². The van der Waals surface area contributed by atoms with Gasteiger partial charge in [-0.3, -0.25) is 14.2 Å². The van der Waals surface area contributed by atoms with Crippen molar-refractivity contribution < 1.29 is 19.0 Å². The second-order valence-electron chi connectivity index (χ2n) is 8.74. The van der Waals surface area contributed by atoms with Gasteiger partial charge in [0.1, 0.15) is 0 Å². The highest BCUT2D eigenvalue weighted by atomic mass is 32.2.